The fraction of sp³-hybridized carbons (Fsp3) is 0.625. The Labute approximate surface area is 105 Å². The summed E-state index contributed by atoms with van der Waals surface area (Å²) in [5.74, 6) is 0.993. The normalized spacial score (nSPS) is 20.8. The van der Waals surface area contributed by atoms with E-state index >= 15 is 0 Å². The summed E-state index contributed by atoms with van der Waals surface area (Å²) >= 11 is 0. The second kappa shape index (κ2) is 4.72. The largest absolute Gasteiger partial charge is 0.383 e. The molecule has 0 bridgehead atoms. The Kier molecular flexibility index (Phi) is 3.09. The first-order valence-corrected chi connectivity index (χ1v) is 7.19. The van der Waals surface area contributed by atoms with Crippen LogP contribution < -0.4 is 5.32 Å². The van der Waals surface area contributed by atoms with Gasteiger partial charge in [-0.05, 0) is 61.8 Å². The van der Waals surface area contributed by atoms with E-state index in [0.29, 0.717) is 6.04 Å². The summed E-state index contributed by atoms with van der Waals surface area (Å²) in [5.41, 5.74) is 4.48. The van der Waals surface area contributed by atoms with Crippen molar-refractivity contribution in [3.05, 3.63) is 29.3 Å². The SMILES string of the molecule is CC(CC1CCC1)Nc1ccc2c(c1)CCC2. The zero-order valence-electron chi connectivity index (χ0n) is 10.8. The van der Waals surface area contributed by atoms with Gasteiger partial charge in [-0.15, -0.1) is 0 Å². The molecule has 0 amide bonds. The third-order valence-corrected chi connectivity index (χ3v) is 4.42. The number of rotatable bonds is 4. The minimum absolute atomic E-state index is 0.625. The molecule has 1 fully saturated rings. The van der Waals surface area contributed by atoms with E-state index < -0.39 is 0 Å². The van der Waals surface area contributed by atoms with E-state index in [1.165, 1.54) is 50.6 Å². The Bertz CT molecular complexity index is 393. The zero-order valence-corrected chi connectivity index (χ0v) is 10.8. The Morgan fingerprint density at radius 2 is 2.00 bits per heavy atom. The molecule has 17 heavy (non-hydrogen) atoms. The first kappa shape index (κ1) is 11.1. The summed E-state index contributed by atoms with van der Waals surface area (Å²) in [6.45, 7) is 2.32. The maximum Gasteiger partial charge on any atom is 0.0345 e. The molecule has 3 rings (SSSR count). The molecule has 2 aliphatic carbocycles. The van der Waals surface area contributed by atoms with Crippen LogP contribution in [0.3, 0.4) is 0 Å². The minimum Gasteiger partial charge on any atom is -0.383 e. The molecule has 1 atom stereocenters. The quantitative estimate of drug-likeness (QED) is 0.817. The first-order valence-electron chi connectivity index (χ1n) is 7.19. The average molecular weight is 229 g/mol. The van der Waals surface area contributed by atoms with Crippen LogP contribution >= 0.6 is 0 Å². The Morgan fingerprint density at radius 1 is 1.18 bits per heavy atom. The van der Waals surface area contributed by atoms with Gasteiger partial charge in [-0.2, -0.15) is 0 Å². The van der Waals surface area contributed by atoms with Crippen molar-refractivity contribution >= 4 is 5.69 Å². The van der Waals surface area contributed by atoms with Crippen LogP contribution in [0.2, 0.25) is 0 Å². The molecule has 2 aliphatic rings. The fourth-order valence-corrected chi connectivity index (χ4v) is 3.23. The molecule has 0 aromatic heterocycles. The van der Waals surface area contributed by atoms with Crippen LogP contribution in [0.25, 0.3) is 0 Å². The summed E-state index contributed by atoms with van der Waals surface area (Å²) in [4.78, 5) is 0. The molecule has 0 saturated heterocycles. The summed E-state index contributed by atoms with van der Waals surface area (Å²) in [6.07, 6.45) is 9.62. The standard InChI is InChI=1S/C16H23N/c1-12(10-13-4-2-5-13)17-16-9-8-14-6-3-7-15(14)11-16/h8-9,11-13,17H,2-7,10H2,1H3. The van der Waals surface area contributed by atoms with Gasteiger partial charge in [0.2, 0.25) is 0 Å². The van der Waals surface area contributed by atoms with Crippen LogP contribution in [0, 0.1) is 5.92 Å². The van der Waals surface area contributed by atoms with Crippen LogP contribution in [0.1, 0.15) is 50.2 Å². The third kappa shape index (κ3) is 2.48. The molecule has 1 nitrogen and oxygen atoms in total. The molecule has 1 aromatic rings. The van der Waals surface area contributed by atoms with E-state index in [9.17, 15) is 0 Å². The first-order chi connectivity index (χ1) is 8.31. The lowest BCUT2D eigenvalue weighted by atomic mass is 9.81. The fourth-order valence-electron chi connectivity index (χ4n) is 3.23. The van der Waals surface area contributed by atoms with E-state index in [4.69, 9.17) is 0 Å². The maximum atomic E-state index is 3.67. The molecule has 1 N–H and O–H groups in total. The molecule has 0 radical (unpaired) electrons. The van der Waals surface area contributed by atoms with Gasteiger partial charge in [0.15, 0.2) is 0 Å². The molecule has 92 valence electrons. The van der Waals surface area contributed by atoms with Gasteiger partial charge in [0.05, 0.1) is 0 Å². The molecule has 0 aliphatic heterocycles. The van der Waals surface area contributed by atoms with Crippen molar-refractivity contribution in [1.29, 1.82) is 0 Å². The van der Waals surface area contributed by atoms with E-state index in [1.54, 1.807) is 11.1 Å². The molecule has 1 saturated carbocycles. The molecule has 0 spiro atoms. The van der Waals surface area contributed by atoms with Gasteiger partial charge in [-0.1, -0.05) is 25.3 Å². The van der Waals surface area contributed by atoms with Crippen molar-refractivity contribution in [3.63, 3.8) is 0 Å². The van der Waals surface area contributed by atoms with Crippen LogP contribution in [-0.2, 0) is 12.8 Å². The highest BCUT2D eigenvalue weighted by Gasteiger charge is 2.20. The van der Waals surface area contributed by atoms with Crippen molar-refractivity contribution in [2.75, 3.05) is 5.32 Å². The van der Waals surface area contributed by atoms with E-state index in [0.717, 1.165) is 5.92 Å². The van der Waals surface area contributed by atoms with Crippen molar-refractivity contribution in [2.45, 2.75) is 57.9 Å². The average Bonchev–Trinajstić information content (AvgIpc) is 2.71. The lowest BCUT2D eigenvalue weighted by molar-refractivity contribution is 0.286. The van der Waals surface area contributed by atoms with E-state index in [-0.39, 0.29) is 0 Å². The molecular formula is C16H23N. The topological polar surface area (TPSA) is 12.0 Å². The van der Waals surface area contributed by atoms with E-state index in [2.05, 4.69) is 30.4 Å². The smallest absolute Gasteiger partial charge is 0.0345 e. The van der Waals surface area contributed by atoms with Gasteiger partial charge in [0.25, 0.3) is 0 Å². The van der Waals surface area contributed by atoms with Crippen LogP contribution in [0.15, 0.2) is 18.2 Å². The van der Waals surface area contributed by atoms with Gasteiger partial charge < -0.3 is 5.32 Å². The highest BCUT2D eigenvalue weighted by atomic mass is 14.9. The maximum absolute atomic E-state index is 3.67. The van der Waals surface area contributed by atoms with Crippen molar-refractivity contribution in [1.82, 2.24) is 0 Å². The van der Waals surface area contributed by atoms with Crippen molar-refractivity contribution in [3.8, 4) is 0 Å². The van der Waals surface area contributed by atoms with Crippen molar-refractivity contribution < 1.29 is 0 Å². The van der Waals surface area contributed by atoms with Crippen LogP contribution in [-0.4, -0.2) is 6.04 Å². The van der Waals surface area contributed by atoms with Gasteiger partial charge >= 0.3 is 0 Å². The Hall–Kier alpha value is -0.980. The number of nitrogens with one attached hydrogen (secondary N) is 1. The number of anilines is 1. The predicted molar refractivity (Wildman–Crippen MR) is 73.5 cm³/mol. The number of fused-ring (bicyclic) bond motifs is 1. The molecule has 1 aromatic carbocycles. The minimum atomic E-state index is 0.625. The second-order valence-corrected chi connectivity index (χ2v) is 5.92. The lowest BCUT2D eigenvalue weighted by Gasteiger charge is -2.29. The highest BCUT2D eigenvalue weighted by molar-refractivity contribution is 5.50. The van der Waals surface area contributed by atoms with Gasteiger partial charge in [0, 0.05) is 11.7 Å². The summed E-state index contributed by atoms with van der Waals surface area (Å²) in [6, 6.07) is 7.58. The van der Waals surface area contributed by atoms with Gasteiger partial charge in [-0.25, -0.2) is 0 Å². The van der Waals surface area contributed by atoms with Crippen LogP contribution in [0.4, 0.5) is 5.69 Å². The summed E-state index contributed by atoms with van der Waals surface area (Å²) in [7, 11) is 0. The second-order valence-electron chi connectivity index (χ2n) is 5.92. The van der Waals surface area contributed by atoms with Gasteiger partial charge in [-0.3, -0.25) is 0 Å². The molecular weight excluding hydrogens is 206 g/mol. The molecule has 1 unspecified atom stereocenters. The zero-order chi connectivity index (χ0) is 11.7. The number of aryl methyl sites for hydroxylation is 2. The predicted octanol–water partition coefficient (Wildman–Crippen LogP) is 4.17. The monoisotopic (exact) mass is 229 g/mol. The van der Waals surface area contributed by atoms with Gasteiger partial charge in [0.1, 0.15) is 0 Å². The molecule has 1 heteroatoms. The highest BCUT2D eigenvalue weighted by Crippen LogP contribution is 2.31. The van der Waals surface area contributed by atoms with Crippen LogP contribution in [0.5, 0.6) is 0 Å². The number of hydrogen-bond donors (Lipinski definition) is 1. The number of benzene rings is 1. The lowest BCUT2D eigenvalue weighted by Crippen LogP contribution is -2.23. The summed E-state index contributed by atoms with van der Waals surface area (Å²) in [5, 5.41) is 3.67. The Morgan fingerprint density at radius 3 is 2.76 bits per heavy atom. The third-order valence-electron chi connectivity index (χ3n) is 4.42. The van der Waals surface area contributed by atoms with Crippen molar-refractivity contribution in [2.24, 2.45) is 5.92 Å². The Balaban J connectivity index is 1.60. The molecule has 0 heterocycles. The van der Waals surface area contributed by atoms with E-state index in [1.807, 2.05) is 0 Å². The summed E-state index contributed by atoms with van der Waals surface area (Å²) < 4.78 is 0. The number of hydrogen-bond acceptors (Lipinski definition) is 1.